The number of benzene rings is 1. The first-order valence-corrected chi connectivity index (χ1v) is 6.25. The molecule has 0 aliphatic heterocycles. The molecule has 1 aromatic rings. The standard InChI is InChI=1S/C14H22N2O3/c1-9(2)5-13(14(17)19-4)16-11-6-10(15)7-12(8-11)18-3/h6-9,13,16H,5,15H2,1-4H3. The second-order valence-electron chi connectivity index (χ2n) is 4.84. The molecule has 0 amide bonds. The third-order valence-corrected chi connectivity index (χ3v) is 2.70. The number of anilines is 2. The molecule has 1 atom stereocenters. The van der Waals surface area contributed by atoms with Crippen LogP contribution in [0.2, 0.25) is 0 Å². The van der Waals surface area contributed by atoms with Crippen molar-refractivity contribution in [2.75, 3.05) is 25.3 Å². The number of esters is 1. The Labute approximate surface area is 114 Å². The predicted octanol–water partition coefficient (Wildman–Crippen LogP) is 2.28. The van der Waals surface area contributed by atoms with E-state index >= 15 is 0 Å². The van der Waals surface area contributed by atoms with Gasteiger partial charge in [0.25, 0.3) is 0 Å². The highest BCUT2D eigenvalue weighted by Crippen LogP contribution is 2.24. The lowest BCUT2D eigenvalue weighted by atomic mass is 10.0. The van der Waals surface area contributed by atoms with Gasteiger partial charge in [0.15, 0.2) is 0 Å². The molecule has 0 heterocycles. The Kier molecular flexibility index (Phi) is 5.48. The van der Waals surface area contributed by atoms with Crippen LogP contribution in [0.4, 0.5) is 11.4 Å². The van der Waals surface area contributed by atoms with Crippen molar-refractivity contribution in [3.63, 3.8) is 0 Å². The largest absolute Gasteiger partial charge is 0.497 e. The number of hydrogen-bond donors (Lipinski definition) is 2. The van der Waals surface area contributed by atoms with Crippen molar-refractivity contribution in [3.8, 4) is 5.75 Å². The maximum absolute atomic E-state index is 11.7. The normalized spacial score (nSPS) is 12.1. The van der Waals surface area contributed by atoms with Gasteiger partial charge in [-0.25, -0.2) is 4.79 Å². The minimum absolute atomic E-state index is 0.282. The SMILES string of the molecule is COC(=O)C(CC(C)C)Nc1cc(N)cc(OC)c1. The van der Waals surface area contributed by atoms with E-state index in [0.29, 0.717) is 23.8 Å². The smallest absolute Gasteiger partial charge is 0.328 e. The fourth-order valence-electron chi connectivity index (χ4n) is 1.85. The first-order valence-electron chi connectivity index (χ1n) is 6.25. The van der Waals surface area contributed by atoms with Gasteiger partial charge in [-0.05, 0) is 18.4 Å². The zero-order valence-corrected chi connectivity index (χ0v) is 11.9. The minimum Gasteiger partial charge on any atom is -0.497 e. The molecule has 19 heavy (non-hydrogen) atoms. The Morgan fingerprint density at radius 3 is 2.53 bits per heavy atom. The van der Waals surface area contributed by atoms with Crippen LogP contribution in [0.5, 0.6) is 5.75 Å². The van der Waals surface area contributed by atoms with Crippen molar-refractivity contribution >= 4 is 17.3 Å². The molecule has 0 fully saturated rings. The quantitative estimate of drug-likeness (QED) is 0.610. The van der Waals surface area contributed by atoms with Gasteiger partial charge in [-0.15, -0.1) is 0 Å². The molecule has 5 nitrogen and oxygen atoms in total. The molecule has 0 saturated carbocycles. The van der Waals surface area contributed by atoms with Crippen molar-refractivity contribution in [1.29, 1.82) is 0 Å². The first-order chi connectivity index (χ1) is 8.96. The van der Waals surface area contributed by atoms with Gasteiger partial charge in [-0.3, -0.25) is 0 Å². The molecule has 0 saturated heterocycles. The lowest BCUT2D eigenvalue weighted by Gasteiger charge is -2.20. The number of hydrogen-bond acceptors (Lipinski definition) is 5. The minimum atomic E-state index is -0.392. The topological polar surface area (TPSA) is 73.6 Å². The molecule has 3 N–H and O–H groups in total. The lowest BCUT2D eigenvalue weighted by molar-refractivity contribution is -0.141. The summed E-state index contributed by atoms with van der Waals surface area (Å²) >= 11 is 0. The van der Waals surface area contributed by atoms with E-state index < -0.39 is 6.04 Å². The van der Waals surface area contributed by atoms with E-state index in [1.807, 2.05) is 0 Å². The molecule has 0 aromatic heterocycles. The Bertz CT molecular complexity index is 433. The summed E-state index contributed by atoms with van der Waals surface area (Å²) in [6, 6.07) is 4.89. The Hall–Kier alpha value is -1.91. The summed E-state index contributed by atoms with van der Waals surface area (Å²) in [5.41, 5.74) is 7.11. The molecule has 106 valence electrons. The second-order valence-corrected chi connectivity index (χ2v) is 4.84. The number of ether oxygens (including phenoxy) is 2. The molecular weight excluding hydrogens is 244 g/mol. The van der Waals surface area contributed by atoms with Crippen molar-refractivity contribution in [1.82, 2.24) is 0 Å². The molecular formula is C14H22N2O3. The number of carbonyl (C=O) groups excluding carboxylic acids is 1. The summed E-state index contributed by atoms with van der Waals surface area (Å²) < 4.78 is 9.96. The summed E-state index contributed by atoms with van der Waals surface area (Å²) in [7, 11) is 2.96. The number of nitrogens with two attached hydrogens (primary N) is 1. The highest BCUT2D eigenvalue weighted by molar-refractivity contribution is 5.79. The number of carbonyl (C=O) groups is 1. The van der Waals surface area contributed by atoms with Gasteiger partial charge in [0, 0.05) is 23.5 Å². The highest BCUT2D eigenvalue weighted by Gasteiger charge is 2.20. The summed E-state index contributed by atoms with van der Waals surface area (Å²) in [4.78, 5) is 11.7. The van der Waals surface area contributed by atoms with E-state index in [1.165, 1.54) is 7.11 Å². The van der Waals surface area contributed by atoms with Crippen LogP contribution in [0.1, 0.15) is 20.3 Å². The fourth-order valence-corrected chi connectivity index (χ4v) is 1.85. The van der Waals surface area contributed by atoms with Crippen LogP contribution in [0.3, 0.4) is 0 Å². The Balaban J connectivity index is 2.89. The van der Waals surface area contributed by atoms with E-state index in [9.17, 15) is 4.79 Å². The van der Waals surface area contributed by atoms with Gasteiger partial charge >= 0.3 is 5.97 Å². The fraction of sp³-hybridized carbons (Fsp3) is 0.500. The van der Waals surface area contributed by atoms with Crippen LogP contribution in [-0.4, -0.2) is 26.2 Å². The van der Waals surface area contributed by atoms with Crippen LogP contribution >= 0.6 is 0 Å². The Morgan fingerprint density at radius 1 is 1.32 bits per heavy atom. The van der Waals surface area contributed by atoms with Gasteiger partial charge in [0.1, 0.15) is 11.8 Å². The molecule has 0 bridgehead atoms. The highest BCUT2D eigenvalue weighted by atomic mass is 16.5. The van der Waals surface area contributed by atoms with Crippen LogP contribution in [0.25, 0.3) is 0 Å². The second kappa shape index (κ2) is 6.87. The summed E-state index contributed by atoms with van der Waals surface area (Å²) in [5.74, 6) is 0.741. The first kappa shape index (κ1) is 15.1. The third-order valence-electron chi connectivity index (χ3n) is 2.70. The van der Waals surface area contributed by atoms with Gasteiger partial charge < -0.3 is 20.5 Å². The lowest BCUT2D eigenvalue weighted by Crippen LogP contribution is -2.32. The molecule has 0 radical (unpaired) electrons. The summed E-state index contributed by atoms with van der Waals surface area (Å²) in [6.45, 7) is 4.11. The van der Waals surface area contributed by atoms with Crippen molar-refractivity contribution in [3.05, 3.63) is 18.2 Å². The predicted molar refractivity (Wildman–Crippen MR) is 76.3 cm³/mol. The molecule has 0 aliphatic rings. The molecule has 0 aliphatic carbocycles. The number of nitrogen functional groups attached to an aromatic ring is 1. The molecule has 1 rings (SSSR count). The third kappa shape index (κ3) is 4.69. The average molecular weight is 266 g/mol. The van der Waals surface area contributed by atoms with E-state index in [1.54, 1.807) is 25.3 Å². The van der Waals surface area contributed by atoms with E-state index in [0.717, 1.165) is 5.69 Å². The van der Waals surface area contributed by atoms with Crippen LogP contribution in [0.15, 0.2) is 18.2 Å². The number of rotatable bonds is 6. The van der Waals surface area contributed by atoms with Gasteiger partial charge in [0.05, 0.1) is 14.2 Å². The zero-order valence-electron chi connectivity index (χ0n) is 11.9. The van der Waals surface area contributed by atoms with Crippen LogP contribution < -0.4 is 15.8 Å². The van der Waals surface area contributed by atoms with Gasteiger partial charge in [-0.2, -0.15) is 0 Å². The molecule has 5 heteroatoms. The average Bonchev–Trinajstić information content (AvgIpc) is 2.35. The monoisotopic (exact) mass is 266 g/mol. The molecule has 1 unspecified atom stereocenters. The van der Waals surface area contributed by atoms with Gasteiger partial charge in [-0.1, -0.05) is 13.8 Å². The number of nitrogens with one attached hydrogen (secondary N) is 1. The maximum Gasteiger partial charge on any atom is 0.328 e. The van der Waals surface area contributed by atoms with E-state index in [2.05, 4.69) is 19.2 Å². The molecule has 1 aromatic carbocycles. The Morgan fingerprint density at radius 2 is 2.00 bits per heavy atom. The molecule has 0 spiro atoms. The van der Waals surface area contributed by atoms with Crippen LogP contribution in [0, 0.1) is 5.92 Å². The van der Waals surface area contributed by atoms with Crippen molar-refractivity contribution in [2.45, 2.75) is 26.3 Å². The van der Waals surface area contributed by atoms with Crippen molar-refractivity contribution in [2.24, 2.45) is 5.92 Å². The number of methoxy groups -OCH3 is 2. The van der Waals surface area contributed by atoms with Crippen molar-refractivity contribution < 1.29 is 14.3 Å². The van der Waals surface area contributed by atoms with E-state index in [4.69, 9.17) is 15.2 Å². The zero-order chi connectivity index (χ0) is 14.4. The van der Waals surface area contributed by atoms with E-state index in [-0.39, 0.29) is 5.97 Å². The van der Waals surface area contributed by atoms with Crippen LogP contribution in [-0.2, 0) is 9.53 Å². The maximum atomic E-state index is 11.7. The van der Waals surface area contributed by atoms with Gasteiger partial charge in [0.2, 0.25) is 0 Å². The summed E-state index contributed by atoms with van der Waals surface area (Å²) in [6.07, 6.45) is 0.684. The summed E-state index contributed by atoms with van der Waals surface area (Å²) in [5, 5.41) is 3.14.